The molecule has 0 aliphatic rings. The van der Waals surface area contributed by atoms with Gasteiger partial charge in [0, 0.05) is 6.42 Å². The molecule has 82 valence electrons. The number of hydrogen-bond acceptors (Lipinski definition) is 4. The molecule has 4 nitrogen and oxygen atoms in total. The van der Waals surface area contributed by atoms with Crippen molar-refractivity contribution in [2.24, 2.45) is 0 Å². The van der Waals surface area contributed by atoms with Gasteiger partial charge in [-0.2, -0.15) is 0 Å². The molecule has 0 aromatic carbocycles. The third-order valence-corrected chi connectivity index (χ3v) is 1.82. The Bertz CT molecular complexity index is 177. The SMILES string of the molecule is COC(=O)CCCCC(O)/C=C\CO. The average Bonchev–Trinajstić information content (AvgIpc) is 2.21. The van der Waals surface area contributed by atoms with Gasteiger partial charge in [0.15, 0.2) is 0 Å². The first-order valence-corrected chi connectivity index (χ1v) is 4.73. The van der Waals surface area contributed by atoms with Crippen LogP contribution < -0.4 is 0 Å². The van der Waals surface area contributed by atoms with Crippen molar-refractivity contribution in [2.75, 3.05) is 13.7 Å². The molecule has 0 bridgehead atoms. The number of carbonyl (C=O) groups is 1. The van der Waals surface area contributed by atoms with E-state index in [9.17, 15) is 9.90 Å². The largest absolute Gasteiger partial charge is 0.469 e. The van der Waals surface area contributed by atoms with Crippen LogP contribution in [-0.4, -0.2) is 36.0 Å². The molecule has 14 heavy (non-hydrogen) atoms. The summed E-state index contributed by atoms with van der Waals surface area (Å²) >= 11 is 0. The lowest BCUT2D eigenvalue weighted by Gasteiger charge is -2.04. The first kappa shape index (κ1) is 13.1. The van der Waals surface area contributed by atoms with Crippen LogP contribution in [0.1, 0.15) is 25.7 Å². The van der Waals surface area contributed by atoms with E-state index in [0.29, 0.717) is 12.8 Å². The Labute approximate surface area is 84.2 Å². The molecule has 1 atom stereocenters. The van der Waals surface area contributed by atoms with Gasteiger partial charge in [0.2, 0.25) is 0 Å². The first-order chi connectivity index (χ1) is 6.70. The highest BCUT2D eigenvalue weighted by Crippen LogP contribution is 2.05. The lowest BCUT2D eigenvalue weighted by Crippen LogP contribution is -2.04. The molecule has 0 saturated carbocycles. The minimum absolute atomic E-state index is 0.0563. The number of rotatable bonds is 7. The fourth-order valence-electron chi connectivity index (χ4n) is 1.04. The van der Waals surface area contributed by atoms with E-state index in [1.54, 1.807) is 6.08 Å². The smallest absolute Gasteiger partial charge is 0.305 e. The van der Waals surface area contributed by atoms with Crippen LogP contribution in [0.2, 0.25) is 0 Å². The van der Waals surface area contributed by atoms with E-state index < -0.39 is 6.10 Å². The zero-order chi connectivity index (χ0) is 10.8. The zero-order valence-corrected chi connectivity index (χ0v) is 8.48. The normalized spacial score (nSPS) is 13.1. The topological polar surface area (TPSA) is 66.8 Å². The van der Waals surface area contributed by atoms with Gasteiger partial charge in [-0.25, -0.2) is 0 Å². The van der Waals surface area contributed by atoms with Crippen LogP contribution in [-0.2, 0) is 9.53 Å². The second-order valence-electron chi connectivity index (χ2n) is 3.00. The molecular weight excluding hydrogens is 184 g/mol. The summed E-state index contributed by atoms with van der Waals surface area (Å²) in [6, 6.07) is 0. The van der Waals surface area contributed by atoms with Crippen LogP contribution in [0.4, 0.5) is 0 Å². The van der Waals surface area contributed by atoms with Crippen molar-refractivity contribution in [1.82, 2.24) is 0 Å². The number of hydrogen-bond donors (Lipinski definition) is 2. The molecule has 0 aliphatic carbocycles. The van der Waals surface area contributed by atoms with Gasteiger partial charge in [-0.3, -0.25) is 4.79 Å². The predicted octanol–water partition coefficient (Wildman–Crippen LogP) is 0.629. The standard InChI is InChI=1S/C10H18O4/c1-14-10(13)7-3-2-5-9(12)6-4-8-11/h4,6,9,11-12H,2-3,5,7-8H2,1H3/b6-4-. The molecule has 0 amide bonds. The summed E-state index contributed by atoms with van der Waals surface area (Å²) in [6.07, 6.45) is 5.02. The molecule has 2 N–H and O–H groups in total. The molecule has 0 heterocycles. The van der Waals surface area contributed by atoms with Crippen molar-refractivity contribution < 1.29 is 19.7 Å². The van der Waals surface area contributed by atoms with E-state index in [-0.39, 0.29) is 12.6 Å². The second-order valence-corrected chi connectivity index (χ2v) is 3.00. The van der Waals surface area contributed by atoms with E-state index >= 15 is 0 Å². The fourth-order valence-corrected chi connectivity index (χ4v) is 1.04. The number of ether oxygens (including phenoxy) is 1. The summed E-state index contributed by atoms with van der Waals surface area (Å²) in [5.74, 6) is -0.217. The Morgan fingerprint density at radius 3 is 2.79 bits per heavy atom. The van der Waals surface area contributed by atoms with Crippen molar-refractivity contribution in [3.05, 3.63) is 12.2 Å². The van der Waals surface area contributed by atoms with Gasteiger partial charge in [-0.1, -0.05) is 12.2 Å². The molecule has 4 heteroatoms. The maximum absolute atomic E-state index is 10.7. The summed E-state index contributed by atoms with van der Waals surface area (Å²) < 4.78 is 4.47. The van der Waals surface area contributed by atoms with E-state index in [4.69, 9.17) is 5.11 Å². The predicted molar refractivity (Wildman–Crippen MR) is 52.7 cm³/mol. The summed E-state index contributed by atoms with van der Waals surface area (Å²) in [7, 11) is 1.36. The van der Waals surface area contributed by atoms with E-state index in [0.717, 1.165) is 12.8 Å². The minimum atomic E-state index is -0.528. The summed E-state index contributed by atoms with van der Waals surface area (Å²) in [4.78, 5) is 10.7. The molecule has 0 saturated heterocycles. The Kier molecular flexibility index (Phi) is 8.17. The molecule has 0 radical (unpaired) electrons. The van der Waals surface area contributed by atoms with E-state index in [1.807, 2.05) is 0 Å². The Morgan fingerprint density at radius 1 is 1.50 bits per heavy atom. The van der Waals surface area contributed by atoms with Gasteiger partial charge < -0.3 is 14.9 Å². The highest BCUT2D eigenvalue weighted by molar-refractivity contribution is 5.68. The van der Waals surface area contributed by atoms with E-state index in [2.05, 4.69) is 4.74 Å². The maximum atomic E-state index is 10.7. The average molecular weight is 202 g/mol. The highest BCUT2D eigenvalue weighted by Gasteiger charge is 2.02. The Morgan fingerprint density at radius 2 is 2.21 bits per heavy atom. The van der Waals surface area contributed by atoms with Crippen LogP contribution in [0, 0.1) is 0 Å². The van der Waals surface area contributed by atoms with Crippen LogP contribution in [0.3, 0.4) is 0 Å². The van der Waals surface area contributed by atoms with Crippen molar-refractivity contribution in [3.8, 4) is 0 Å². The lowest BCUT2D eigenvalue weighted by atomic mass is 10.1. The van der Waals surface area contributed by atoms with Gasteiger partial charge in [0.05, 0.1) is 19.8 Å². The number of aliphatic hydroxyl groups excluding tert-OH is 2. The number of carbonyl (C=O) groups excluding carboxylic acids is 1. The lowest BCUT2D eigenvalue weighted by molar-refractivity contribution is -0.140. The molecule has 0 spiro atoms. The number of esters is 1. The van der Waals surface area contributed by atoms with E-state index in [1.165, 1.54) is 13.2 Å². The summed E-state index contributed by atoms with van der Waals surface area (Å²) in [5.41, 5.74) is 0. The van der Waals surface area contributed by atoms with Gasteiger partial charge in [0.25, 0.3) is 0 Å². The van der Waals surface area contributed by atoms with Crippen LogP contribution in [0.25, 0.3) is 0 Å². The highest BCUT2D eigenvalue weighted by atomic mass is 16.5. The van der Waals surface area contributed by atoms with Crippen molar-refractivity contribution in [3.63, 3.8) is 0 Å². The Balaban J connectivity index is 3.35. The summed E-state index contributed by atoms with van der Waals surface area (Å²) in [6.45, 7) is -0.0563. The van der Waals surface area contributed by atoms with Gasteiger partial charge in [-0.15, -0.1) is 0 Å². The van der Waals surface area contributed by atoms with Crippen LogP contribution in [0.5, 0.6) is 0 Å². The van der Waals surface area contributed by atoms with Gasteiger partial charge in [0.1, 0.15) is 0 Å². The molecule has 0 aliphatic heterocycles. The maximum Gasteiger partial charge on any atom is 0.305 e. The number of methoxy groups -OCH3 is 1. The molecule has 1 unspecified atom stereocenters. The van der Waals surface area contributed by atoms with Crippen LogP contribution in [0.15, 0.2) is 12.2 Å². The monoisotopic (exact) mass is 202 g/mol. The van der Waals surface area contributed by atoms with Gasteiger partial charge >= 0.3 is 5.97 Å². The minimum Gasteiger partial charge on any atom is -0.469 e. The molecule has 0 aromatic rings. The number of aliphatic hydroxyl groups is 2. The number of unbranched alkanes of at least 4 members (excludes halogenated alkanes) is 1. The second kappa shape index (κ2) is 8.72. The van der Waals surface area contributed by atoms with Crippen molar-refractivity contribution in [1.29, 1.82) is 0 Å². The molecule has 0 rings (SSSR count). The van der Waals surface area contributed by atoms with Crippen LogP contribution >= 0.6 is 0 Å². The molecule has 0 aromatic heterocycles. The van der Waals surface area contributed by atoms with Crippen molar-refractivity contribution >= 4 is 5.97 Å². The molecule has 0 fully saturated rings. The van der Waals surface area contributed by atoms with Gasteiger partial charge in [-0.05, 0) is 19.3 Å². The Hall–Kier alpha value is -0.870. The third-order valence-electron chi connectivity index (χ3n) is 1.82. The zero-order valence-electron chi connectivity index (χ0n) is 8.48. The fraction of sp³-hybridized carbons (Fsp3) is 0.700. The first-order valence-electron chi connectivity index (χ1n) is 4.73. The quantitative estimate of drug-likeness (QED) is 0.361. The molecular formula is C10H18O4. The van der Waals surface area contributed by atoms with Crippen molar-refractivity contribution in [2.45, 2.75) is 31.8 Å². The third kappa shape index (κ3) is 7.76. The summed E-state index contributed by atoms with van der Waals surface area (Å²) in [5, 5.41) is 17.7.